The molecule has 4 nitrogen and oxygen atoms in total. The number of nitrogens with one attached hydrogen (secondary N) is 1. The maximum Gasteiger partial charge on any atom is 0.250 e. The summed E-state index contributed by atoms with van der Waals surface area (Å²) < 4.78 is 0.862. The summed E-state index contributed by atoms with van der Waals surface area (Å²) in [5, 5.41) is 13.5. The monoisotopic (exact) mass is 341 g/mol. The number of aromatic nitrogens is 2. The number of rotatable bonds is 5. The predicted octanol–water partition coefficient (Wildman–Crippen LogP) is 4.46. The molecule has 0 radical (unpaired) electrons. The molecule has 0 aliphatic carbocycles. The molecule has 0 bridgehead atoms. The number of benzene rings is 2. The summed E-state index contributed by atoms with van der Waals surface area (Å²) in [6.45, 7) is 2.05. The van der Waals surface area contributed by atoms with Gasteiger partial charge in [0.15, 0.2) is 4.34 Å². The minimum atomic E-state index is -0.206. The fourth-order valence-electron chi connectivity index (χ4n) is 2.15. The van der Waals surface area contributed by atoms with Gasteiger partial charge < -0.3 is 0 Å². The molecule has 6 heteroatoms. The minimum absolute atomic E-state index is 0.206. The van der Waals surface area contributed by atoms with Gasteiger partial charge in [0.05, 0.1) is 0 Å². The van der Waals surface area contributed by atoms with Crippen LogP contribution in [0.4, 0.5) is 5.13 Å². The minimum Gasteiger partial charge on any atom is -0.297 e. The van der Waals surface area contributed by atoms with E-state index >= 15 is 0 Å². The zero-order valence-corrected chi connectivity index (χ0v) is 14.2. The second kappa shape index (κ2) is 7.39. The van der Waals surface area contributed by atoms with Gasteiger partial charge >= 0.3 is 0 Å². The highest BCUT2D eigenvalue weighted by atomic mass is 32.2. The molecule has 116 valence electrons. The lowest BCUT2D eigenvalue weighted by molar-refractivity contribution is -0.111. The van der Waals surface area contributed by atoms with Gasteiger partial charge in [0.25, 0.3) is 0 Å². The molecule has 3 rings (SSSR count). The number of carbonyl (C=O) groups is 1. The molecular weight excluding hydrogens is 326 g/mol. The Morgan fingerprint density at radius 1 is 1.22 bits per heavy atom. The number of hydrogen-bond donors (Lipinski definition) is 1. The Kier molecular flexibility index (Phi) is 5.05. The topological polar surface area (TPSA) is 54.9 Å². The lowest BCUT2D eigenvalue weighted by Crippen LogP contribution is -2.07. The fraction of sp³-hybridized carbons (Fsp3) is 0.118. The van der Waals surface area contributed by atoms with Crippen LogP contribution in [0.5, 0.6) is 0 Å². The van der Waals surface area contributed by atoms with E-state index in [0.717, 1.165) is 26.4 Å². The number of thioether (sulfide) groups is 1. The third kappa shape index (κ3) is 3.97. The zero-order valence-electron chi connectivity index (χ0n) is 12.5. The lowest BCUT2D eigenvalue weighted by atomic mass is 10.0. The normalized spacial score (nSPS) is 11.2. The largest absolute Gasteiger partial charge is 0.297 e. The average molecular weight is 341 g/mol. The van der Waals surface area contributed by atoms with Crippen molar-refractivity contribution >= 4 is 51.0 Å². The molecule has 0 saturated carbocycles. The quantitative estimate of drug-likeness (QED) is 0.423. The molecule has 1 heterocycles. The van der Waals surface area contributed by atoms with Crippen LogP contribution in [-0.2, 0) is 4.79 Å². The molecule has 0 atom stereocenters. The van der Waals surface area contributed by atoms with Crippen LogP contribution in [0.1, 0.15) is 12.5 Å². The number of amides is 1. The van der Waals surface area contributed by atoms with Gasteiger partial charge in [-0.2, -0.15) is 0 Å². The Bertz CT molecular complexity index is 852. The Hall–Kier alpha value is -2.18. The number of fused-ring (bicyclic) bond motifs is 1. The van der Waals surface area contributed by atoms with E-state index in [0.29, 0.717) is 5.13 Å². The second-order valence-corrected chi connectivity index (χ2v) is 7.19. The van der Waals surface area contributed by atoms with Gasteiger partial charge in [-0.15, -0.1) is 10.2 Å². The van der Waals surface area contributed by atoms with E-state index in [-0.39, 0.29) is 5.91 Å². The molecule has 0 aliphatic rings. The summed E-state index contributed by atoms with van der Waals surface area (Å²) in [7, 11) is 0. The summed E-state index contributed by atoms with van der Waals surface area (Å²) in [6.07, 6.45) is 3.34. The van der Waals surface area contributed by atoms with E-state index in [1.165, 1.54) is 17.4 Å². The van der Waals surface area contributed by atoms with Crippen LogP contribution >= 0.6 is 23.1 Å². The van der Waals surface area contributed by atoms with Crippen molar-refractivity contribution in [1.82, 2.24) is 10.2 Å². The first-order valence-corrected chi connectivity index (χ1v) is 8.99. The molecular formula is C17H15N3OS2. The molecule has 23 heavy (non-hydrogen) atoms. The predicted molar refractivity (Wildman–Crippen MR) is 97.9 cm³/mol. The smallest absolute Gasteiger partial charge is 0.250 e. The van der Waals surface area contributed by atoms with Crippen LogP contribution in [0, 0.1) is 0 Å². The van der Waals surface area contributed by atoms with Gasteiger partial charge in [0, 0.05) is 6.08 Å². The molecule has 1 amide bonds. The van der Waals surface area contributed by atoms with Crippen molar-refractivity contribution in [3.63, 3.8) is 0 Å². The van der Waals surface area contributed by atoms with Crippen molar-refractivity contribution in [3.05, 3.63) is 54.1 Å². The molecule has 0 saturated heterocycles. The van der Waals surface area contributed by atoms with Crippen molar-refractivity contribution in [2.45, 2.75) is 11.3 Å². The van der Waals surface area contributed by atoms with Crippen LogP contribution in [-0.4, -0.2) is 21.9 Å². The second-order valence-electron chi connectivity index (χ2n) is 4.70. The molecule has 0 aliphatic heterocycles. The van der Waals surface area contributed by atoms with E-state index in [1.54, 1.807) is 11.8 Å². The van der Waals surface area contributed by atoms with Gasteiger partial charge in [-0.3, -0.25) is 10.1 Å². The summed E-state index contributed by atoms with van der Waals surface area (Å²) in [5.74, 6) is 0.728. The lowest BCUT2D eigenvalue weighted by Gasteiger charge is -2.01. The van der Waals surface area contributed by atoms with Crippen molar-refractivity contribution in [2.24, 2.45) is 0 Å². The Labute approximate surface area is 142 Å². The zero-order chi connectivity index (χ0) is 16.1. The first-order chi connectivity index (χ1) is 11.3. The molecule has 1 N–H and O–H groups in total. The van der Waals surface area contributed by atoms with Gasteiger partial charge in [-0.25, -0.2) is 0 Å². The Morgan fingerprint density at radius 2 is 2.04 bits per heavy atom. The first-order valence-electron chi connectivity index (χ1n) is 7.19. The van der Waals surface area contributed by atoms with E-state index in [1.807, 2.05) is 36.4 Å². The standard InChI is InChI=1S/C17H15N3OS2/c1-2-22-17-20-19-16(23-17)18-15(21)11-10-13-8-5-7-12-6-3-4-9-14(12)13/h3-11H,2H2,1H3,(H,18,19,21)/b11-10+. The van der Waals surface area contributed by atoms with Crippen LogP contribution in [0.15, 0.2) is 52.9 Å². The third-order valence-corrected chi connectivity index (χ3v) is 5.00. The first kappa shape index (κ1) is 15.7. The average Bonchev–Trinajstić information content (AvgIpc) is 3.00. The maximum atomic E-state index is 12.0. The Morgan fingerprint density at radius 3 is 2.91 bits per heavy atom. The molecule has 0 unspecified atom stereocenters. The number of nitrogens with zero attached hydrogens (tertiary/aromatic N) is 2. The summed E-state index contributed by atoms with van der Waals surface area (Å²) >= 11 is 3.00. The highest BCUT2D eigenvalue weighted by Gasteiger charge is 2.06. The van der Waals surface area contributed by atoms with Gasteiger partial charge in [0.1, 0.15) is 0 Å². The van der Waals surface area contributed by atoms with E-state index < -0.39 is 0 Å². The molecule has 2 aromatic carbocycles. The highest BCUT2D eigenvalue weighted by molar-refractivity contribution is 8.01. The molecule has 1 aromatic heterocycles. The third-order valence-electron chi connectivity index (χ3n) is 3.14. The summed E-state index contributed by atoms with van der Waals surface area (Å²) in [4.78, 5) is 12.0. The highest BCUT2D eigenvalue weighted by Crippen LogP contribution is 2.25. The molecule has 0 spiro atoms. The maximum absolute atomic E-state index is 12.0. The van der Waals surface area contributed by atoms with Crippen molar-refractivity contribution in [1.29, 1.82) is 0 Å². The SMILES string of the molecule is CCSc1nnc(NC(=O)/C=C/c2cccc3ccccc23)s1. The van der Waals surface area contributed by atoms with E-state index in [2.05, 4.69) is 34.6 Å². The van der Waals surface area contributed by atoms with Gasteiger partial charge in [0.2, 0.25) is 11.0 Å². The van der Waals surface area contributed by atoms with E-state index in [4.69, 9.17) is 0 Å². The van der Waals surface area contributed by atoms with Crippen molar-refractivity contribution in [3.8, 4) is 0 Å². The van der Waals surface area contributed by atoms with Crippen molar-refractivity contribution < 1.29 is 4.79 Å². The molecule has 3 aromatic rings. The summed E-state index contributed by atoms with van der Waals surface area (Å²) in [6, 6.07) is 14.1. The van der Waals surface area contributed by atoms with Crippen LogP contribution in [0.2, 0.25) is 0 Å². The van der Waals surface area contributed by atoms with Crippen LogP contribution < -0.4 is 5.32 Å². The number of carbonyl (C=O) groups excluding carboxylic acids is 1. The van der Waals surface area contributed by atoms with E-state index in [9.17, 15) is 4.79 Å². The fourth-order valence-corrected chi connectivity index (χ4v) is 3.80. The Balaban J connectivity index is 1.72. The van der Waals surface area contributed by atoms with Crippen molar-refractivity contribution in [2.75, 3.05) is 11.1 Å². The van der Waals surface area contributed by atoms with Gasteiger partial charge in [-0.1, -0.05) is 72.5 Å². The van der Waals surface area contributed by atoms with Crippen LogP contribution in [0.3, 0.4) is 0 Å². The summed E-state index contributed by atoms with van der Waals surface area (Å²) in [5.41, 5.74) is 1.01. The van der Waals surface area contributed by atoms with Gasteiger partial charge in [-0.05, 0) is 28.2 Å². The number of anilines is 1. The van der Waals surface area contributed by atoms with Crippen LogP contribution in [0.25, 0.3) is 16.8 Å². The molecule has 0 fully saturated rings. The number of hydrogen-bond acceptors (Lipinski definition) is 5.